The molecule has 2 N–H and O–H groups in total. The number of carbonyl (C=O) groups is 1. The summed E-state index contributed by atoms with van der Waals surface area (Å²) in [6.45, 7) is 2.09. The highest BCUT2D eigenvalue weighted by Gasteiger charge is 2.17. The lowest BCUT2D eigenvalue weighted by molar-refractivity contribution is -0.121. The number of H-pyrrole nitrogens is 1. The highest BCUT2D eigenvalue weighted by Crippen LogP contribution is 2.36. The maximum absolute atomic E-state index is 12.2. The minimum Gasteiger partial charge on any atom is -0.454 e. The topological polar surface area (TPSA) is 102 Å². The Kier molecular flexibility index (Phi) is 4.06. The van der Waals surface area contributed by atoms with Crippen LogP contribution >= 0.6 is 11.3 Å². The number of amides is 1. The summed E-state index contributed by atoms with van der Waals surface area (Å²) in [6, 6.07) is 5.46. The second-order valence-corrected chi connectivity index (χ2v) is 6.41. The average Bonchev–Trinajstić information content (AvgIpc) is 3.35. The first-order chi connectivity index (χ1) is 12.2. The van der Waals surface area contributed by atoms with Crippen molar-refractivity contribution in [1.82, 2.24) is 25.5 Å². The summed E-state index contributed by atoms with van der Waals surface area (Å²) >= 11 is 1.49. The van der Waals surface area contributed by atoms with E-state index in [0.717, 1.165) is 22.0 Å². The van der Waals surface area contributed by atoms with Crippen LogP contribution < -0.4 is 14.8 Å². The van der Waals surface area contributed by atoms with Crippen molar-refractivity contribution in [3.63, 3.8) is 0 Å². The van der Waals surface area contributed by atoms with Gasteiger partial charge in [0.15, 0.2) is 11.5 Å². The summed E-state index contributed by atoms with van der Waals surface area (Å²) in [4.78, 5) is 20.7. The van der Waals surface area contributed by atoms with Crippen LogP contribution in [0.2, 0.25) is 0 Å². The van der Waals surface area contributed by atoms with Crippen LogP contribution in [0.5, 0.6) is 11.5 Å². The van der Waals surface area contributed by atoms with Crippen LogP contribution in [0.4, 0.5) is 0 Å². The Labute approximate surface area is 147 Å². The molecule has 1 atom stereocenters. The average molecular weight is 357 g/mol. The molecule has 4 rings (SSSR count). The number of aromatic amines is 1. The molecule has 25 heavy (non-hydrogen) atoms. The fourth-order valence-corrected chi connectivity index (χ4v) is 3.32. The third kappa shape index (κ3) is 3.31. The van der Waals surface area contributed by atoms with E-state index in [9.17, 15) is 4.79 Å². The number of hydrogen-bond acceptors (Lipinski definition) is 7. The van der Waals surface area contributed by atoms with Gasteiger partial charge in [0.05, 0.1) is 18.2 Å². The van der Waals surface area contributed by atoms with E-state index >= 15 is 0 Å². The Morgan fingerprint density at radius 2 is 2.28 bits per heavy atom. The van der Waals surface area contributed by atoms with E-state index in [1.54, 1.807) is 0 Å². The highest BCUT2D eigenvalue weighted by molar-refractivity contribution is 7.13. The summed E-state index contributed by atoms with van der Waals surface area (Å²) in [5.74, 6) is 1.95. The van der Waals surface area contributed by atoms with Crippen molar-refractivity contribution in [3.05, 3.63) is 41.4 Å². The summed E-state index contributed by atoms with van der Waals surface area (Å²) in [5, 5.41) is 12.1. The Hall–Kier alpha value is -2.94. The van der Waals surface area contributed by atoms with Gasteiger partial charge in [0, 0.05) is 10.9 Å². The molecule has 0 unspecified atom stereocenters. The molecule has 1 aromatic carbocycles. The lowest BCUT2D eigenvalue weighted by Crippen LogP contribution is -2.28. The van der Waals surface area contributed by atoms with E-state index in [1.165, 1.54) is 17.7 Å². The van der Waals surface area contributed by atoms with Gasteiger partial charge in [-0.1, -0.05) is 0 Å². The predicted molar refractivity (Wildman–Crippen MR) is 90.3 cm³/mol. The van der Waals surface area contributed by atoms with Crippen molar-refractivity contribution in [3.8, 4) is 22.1 Å². The van der Waals surface area contributed by atoms with Gasteiger partial charge in [0.2, 0.25) is 12.7 Å². The second-order valence-electron chi connectivity index (χ2n) is 5.55. The van der Waals surface area contributed by atoms with Gasteiger partial charge in [-0.2, -0.15) is 5.10 Å². The molecule has 1 aliphatic heterocycles. The molecule has 1 aliphatic rings. The van der Waals surface area contributed by atoms with E-state index in [2.05, 4.69) is 25.5 Å². The standard InChI is InChI=1S/C16H15N5O3S/c1-9(15-17-7-18-21-15)19-14(22)5-11-6-25-16(20-11)10-2-3-12-13(4-10)24-8-23-12/h2-4,6-7,9H,5,8H2,1H3,(H,19,22)(H,17,18,21)/t9-/m0/s1. The van der Waals surface area contributed by atoms with Crippen LogP contribution in [-0.4, -0.2) is 32.9 Å². The van der Waals surface area contributed by atoms with Crippen molar-refractivity contribution < 1.29 is 14.3 Å². The number of benzene rings is 1. The van der Waals surface area contributed by atoms with Gasteiger partial charge in [-0.05, 0) is 25.1 Å². The minimum atomic E-state index is -0.234. The SMILES string of the molecule is C[C@H](NC(=O)Cc1csc(-c2ccc3c(c2)OCO3)n1)c1ncn[nH]1. The van der Waals surface area contributed by atoms with Gasteiger partial charge in [-0.3, -0.25) is 9.89 Å². The largest absolute Gasteiger partial charge is 0.454 e. The molecule has 0 saturated carbocycles. The number of fused-ring (bicyclic) bond motifs is 1. The maximum atomic E-state index is 12.2. The number of ether oxygens (including phenoxy) is 2. The molecule has 2 aromatic heterocycles. The summed E-state index contributed by atoms with van der Waals surface area (Å²) in [6.07, 6.45) is 1.62. The second kappa shape index (κ2) is 6.52. The molecule has 0 spiro atoms. The van der Waals surface area contributed by atoms with Crippen LogP contribution in [-0.2, 0) is 11.2 Å². The Balaban J connectivity index is 1.42. The van der Waals surface area contributed by atoms with Gasteiger partial charge >= 0.3 is 0 Å². The third-order valence-corrected chi connectivity index (χ3v) is 4.67. The van der Waals surface area contributed by atoms with Crippen molar-refractivity contribution in [2.24, 2.45) is 0 Å². The number of aromatic nitrogens is 4. The smallest absolute Gasteiger partial charge is 0.231 e. The van der Waals surface area contributed by atoms with Crippen LogP contribution in [0.25, 0.3) is 10.6 Å². The molecular weight excluding hydrogens is 342 g/mol. The van der Waals surface area contributed by atoms with E-state index in [-0.39, 0.29) is 25.2 Å². The Morgan fingerprint density at radius 1 is 1.40 bits per heavy atom. The van der Waals surface area contributed by atoms with Crippen LogP contribution in [0, 0.1) is 0 Å². The minimum absolute atomic E-state index is 0.119. The number of thiazole rings is 1. The monoisotopic (exact) mass is 357 g/mol. The summed E-state index contributed by atoms with van der Waals surface area (Å²) in [7, 11) is 0. The molecule has 0 radical (unpaired) electrons. The molecule has 3 heterocycles. The van der Waals surface area contributed by atoms with Crippen LogP contribution in [0.3, 0.4) is 0 Å². The summed E-state index contributed by atoms with van der Waals surface area (Å²) in [5.41, 5.74) is 1.66. The highest BCUT2D eigenvalue weighted by atomic mass is 32.1. The van der Waals surface area contributed by atoms with E-state index in [4.69, 9.17) is 9.47 Å². The Bertz CT molecular complexity index is 893. The van der Waals surface area contributed by atoms with Crippen LogP contribution in [0.1, 0.15) is 24.5 Å². The fourth-order valence-electron chi connectivity index (χ4n) is 2.50. The number of nitrogens with zero attached hydrogens (tertiary/aromatic N) is 3. The molecule has 3 aromatic rings. The molecule has 128 valence electrons. The van der Waals surface area contributed by atoms with E-state index < -0.39 is 0 Å². The molecule has 0 bridgehead atoms. The molecule has 0 aliphatic carbocycles. The molecule has 0 fully saturated rings. The lowest BCUT2D eigenvalue weighted by Gasteiger charge is -2.09. The van der Waals surface area contributed by atoms with Crippen molar-refractivity contribution >= 4 is 17.2 Å². The zero-order valence-electron chi connectivity index (χ0n) is 13.4. The summed E-state index contributed by atoms with van der Waals surface area (Å²) < 4.78 is 10.7. The van der Waals surface area contributed by atoms with Gasteiger partial charge in [-0.15, -0.1) is 11.3 Å². The maximum Gasteiger partial charge on any atom is 0.231 e. The number of hydrogen-bond donors (Lipinski definition) is 2. The fraction of sp³-hybridized carbons (Fsp3) is 0.250. The normalized spacial score (nSPS) is 13.6. The zero-order valence-corrected chi connectivity index (χ0v) is 14.2. The molecule has 8 nitrogen and oxygen atoms in total. The van der Waals surface area contributed by atoms with Gasteiger partial charge < -0.3 is 14.8 Å². The number of nitrogens with one attached hydrogen (secondary N) is 2. The van der Waals surface area contributed by atoms with E-state index in [0.29, 0.717) is 11.6 Å². The first kappa shape index (κ1) is 15.6. The van der Waals surface area contributed by atoms with Crippen LogP contribution in [0.15, 0.2) is 29.9 Å². The Morgan fingerprint density at radius 3 is 3.12 bits per heavy atom. The molecule has 9 heteroatoms. The van der Waals surface area contributed by atoms with Gasteiger partial charge in [-0.25, -0.2) is 9.97 Å². The predicted octanol–water partition coefficient (Wildman–Crippen LogP) is 2.08. The van der Waals surface area contributed by atoms with E-state index in [1.807, 2.05) is 30.5 Å². The third-order valence-electron chi connectivity index (χ3n) is 3.73. The number of rotatable bonds is 5. The van der Waals surface area contributed by atoms with Gasteiger partial charge in [0.1, 0.15) is 17.2 Å². The first-order valence-corrected chi connectivity index (χ1v) is 8.56. The van der Waals surface area contributed by atoms with Crippen molar-refractivity contribution in [2.45, 2.75) is 19.4 Å². The molecule has 1 amide bonds. The molecular formula is C16H15N5O3S. The van der Waals surface area contributed by atoms with Crippen molar-refractivity contribution in [2.75, 3.05) is 6.79 Å². The first-order valence-electron chi connectivity index (χ1n) is 7.68. The van der Waals surface area contributed by atoms with Crippen molar-refractivity contribution in [1.29, 1.82) is 0 Å². The molecule has 0 saturated heterocycles. The zero-order chi connectivity index (χ0) is 17.2. The lowest BCUT2D eigenvalue weighted by atomic mass is 10.2. The quantitative estimate of drug-likeness (QED) is 0.725. The van der Waals surface area contributed by atoms with Gasteiger partial charge in [0.25, 0.3) is 0 Å². The number of carbonyl (C=O) groups excluding carboxylic acids is 1.